The van der Waals surface area contributed by atoms with E-state index < -0.39 is 30.2 Å². The Morgan fingerprint density at radius 3 is 2.63 bits per heavy atom. The van der Waals surface area contributed by atoms with Crippen LogP contribution >= 0.6 is 0 Å². The number of hydrogen-bond acceptors (Lipinski definition) is 12. The minimum atomic E-state index is -0.846. The third kappa shape index (κ3) is 6.01. The molecule has 4 heterocycles. The molecule has 2 saturated carbocycles. The van der Waals surface area contributed by atoms with Crippen LogP contribution < -0.4 is 5.32 Å². The van der Waals surface area contributed by atoms with Crippen molar-refractivity contribution in [1.29, 1.82) is 0 Å². The summed E-state index contributed by atoms with van der Waals surface area (Å²) in [5.41, 5.74) is 1.30. The first-order valence-electron chi connectivity index (χ1n) is 14.7. The third-order valence-corrected chi connectivity index (χ3v) is 8.64. The molecule has 0 amide bonds. The van der Waals surface area contributed by atoms with Crippen LogP contribution in [0.25, 0.3) is 11.2 Å². The number of nitrogens with zero attached hydrogens (tertiary/aromatic N) is 4. The molecule has 6 rings (SSSR count). The highest BCUT2D eigenvalue weighted by Gasteiger charge is 2.46. The Bertz CT molecular complexity index is 1260. The number of aromatic nitrogens is 4. The summed E-state index contributed by atoms with van der Waals surface area (Å²) in [4.78, 5) is 51.4. The number of anilines is 1. The fourth-order valence-corrected chi connectivity index (χ4v) is 6.46. The van der Waals surface area contributed by atoms with E-state index in [2.05, 4.69) is 20.3 Å². The van der Waals surface area contributed by atoms with Crippen LogP contribution in [0.15, 0.2) is 12.7 Å². The second-order valence-electron chi connectivity index (χ2n) is 11.4. The fraction of sp³-hybridized carbons (Fsp3) is 0.714. The van der Waals surface area contributed by atoms with Crippen LogP contribution in [0.4, 0.5) is 5.82 Å². The van der Waals surface area contributed by atoms with Crippen molar-refractivity contribution in [1.82, 2.24) is 19.5 Å². The standard InChI is InChI=1S/C28H37N5O8/c1-16(34)38-12-21-24(41-27(35)17-5-2-3-6-17)22(13-39-21)40-28(36)19-7-4-8-20(19)33-15-31-23-25(29-14-30-26(23)33)32-18-9-10-37-11-18/h14-15,17-22,24H,2-13H2,1H3,(H,29,30,32)/t18-,19?,20?,21-,22-,24-/m1/s1. The molecule has 0 aromatic carbocycles. The van der Waals surface area contributed by atoms with E-state index in [9.17, 15) is 14.4 Å². The number of esters is 3. The minimum Gasteiger partial charge on any atom is -0.463 e. The van der Waals surface area contributed by atoms with Crippen LogP contribution in [0.1, 0.15) is 64.3 Å². The van der Waals surface area contributed by atoms with Gasteiger partial charge in [0.25, 0.3) is 0 Å². The lowest BCUT2D eigenvalue weighted by atomic mass is 10.0. The van der Waals surface area contributed by atoms with E-state index in [1.165, 1.54) is 13.3 Å². The number of fused-ring (bicyclic) bond motifs is 1. The Balaban J connectivity index is 1.16. The number of carbonyl (C=O) groups excluding carboxylic acids is 3. The van der Waals surface area contributed by atoms with E-state index in [0.29, 0.717) is 36.6 Å². The van der Waals surface area contributed by atoms with Gasteiger partial charge in [0.15, 0.2) is 23.7 Å². The quantitative estimate of drug-likeness (QED) is 0.347. The minimum absolute atomic E-state index is 0.0544. The molecule has 222 valence electrons. The Kier molecular flexibility index (Phi) is 8.33. The molecule has 4 aliphatic rings. The number of nitrogens with one attached hydrogen (secondary N) is 1. The lowest BCUT2D eigenvalue weighted by molar-refractivity contribution is -0.173. The number of hydrogen-bond donors (Lipinski definition) is 1. The van der Waals surface area contributed by atoms with Gasteiger partial charge in [0, 0.05) is 19.6 Å². The molecule has 13 nitrogen and oxygen atoms in total. The topological polar surface area (TPSA) is 153 Å². The van der Waals surface area contributed by atoms with E-state index >= 15 is 0 Å². The summed E-state index contributed by atoms with van der Waals surface area (Å²) >= 11 is 0. The predicted octanol–water partition coefficient (Wildman–Crippen LogP) is 2.34. The van der Waals surface area contributed by atoms with E-state index in [1.54, 1.807) is 6.33 Å². The van der Waals surface area contributed by atoms with Crippen molar-refractivity contribution >= 4 is 34.9 Å². The van der Waals surface area contributed by atoms with Crippen LogP contribution in [-0.4, -0.2) is 88.2 Å². The number of imidazole rings is 1. The SMILES string of the molecule is CC(=O)OC[C@H]1OC[C@@H](OC(=O)C2CCCC2n2cnc3c(N[C@@H]4CCOC4)ncnc32)[C@@H]1OC(=O)C1CCCC1. The van der Waals surface area contributed by atoms with Crippen molar-refractivity contribution in [3.05, 3.63) is 12.7 Å². The molecule has 2 aromatic rings. The van der Waals surface area contributed by atoms with Crippen LogP contribution in [0, 0.1) is 11.8 Å². The molecule has 1 N–H and O–H groups in total. The number of carbonyl (C=O) groups is 3. The first-order chi connectivity index (χ1) is 20.0. The van der Waals surface area contributed by atoms with Gasteiger partial charge in [-0.15, -0.1) is 0 Å². The van der Waals surface area contributed by atoms with Crippen molar-refractivity contribution < 1.29 is 38.1 Å². The molecule has 4 fully saturated rings. The van der Waals surface area contributed by atoms with Gasteiger partial charge >= 0.3 is 17.9 Å². The van der Waals surface area contributed by atoms with Gasteiger partial charge in [0.1, 0.15) is 24.6 Å². The normalized spacial score (nSPS) is 30.1. The zero-order valence-corrected chi connectivity index (χ0v) is 23.2. The van der Waals surface area contributed by atoms with Gasteiger partial charge in [0.2, 0.25) is 0 Å². The first kappa shape index (κ1) is 27.8. The summed E-state index contributed by atoms with van der Waals surface area (Å²) in [6.45, 7) is 2.61. The lowest BCUT2D eigenvalue weighted by Gasteiger charge is -2.26. The maximum Gasteiger partial charge on any atom is 0.311 e. The number of ether oxygens (including phenoxy) is 5. The number of rotatable bonds is 9. The molecule has 41 heavy (non-hydrogen) atoms. The summed E-state index contributed by atoms with van der Waals surface area (Å²) in [5.74, 6) is -1.11. The van der Waals surface area contributed by atoms with E-state index in [0.717, 1.165) is 44.9 Å². The van der Waals surface area contributed by atoms with Crippen molar-refractivity contribution in [3.8, 4) is 0 Å². The van der Waals surface area contributed by atoms with Crippen LogP contribution in [0.2, 0.25) is 0 Å². The van der Waals surface area contributed by atoms with Gasteiger partial charge in [-0.2, -0.15) is 0 Å². The zero-order chi connectivity index (χ0) is 28.3. The highest BCUT2D eigenvalue weighted by molar-refractivity contribution is 5.83. The van der Waals surface area contributed by atoms with E-state index in [1.807, 2.05) is 4.57 Å². The monoisotopic (exact) mass is 571 g/mol. The molecule has 6 atom stereocenters. The Morgan fingerprint density at radius 2 is 1.85 bits per heavy atom. The summed E-state index contributed by atoms with van der Waals surface area (Å²) in [6, 6.07) is -0.0230. The van der Waals surface area contributed by atoms with Crippen LogP contribution in [0.3, 0.4) is 0 Å². The molecule has 2 aromatic heterocycles. The summed E-state index contributed by atoms with van der Waals surface area (Å²) in [7, 11) is 0. The molecular formula is C28H37N5O8. The molecule has 2 saturated heterocycles. The highest BCUT2D eigenvalue weighted by Crippen LogP contribution is 2.39. The van der Waals surface area contributed by atoms with Crippen LogP contribution in [-0.2, 0) is 38.1 Å². The fourth-order valence-electron chi connectivity index (χ4n) is 6.46. The second kappa shape index (κ2) is 12.3. The zero-order valence-electron chi connectivity index (χ0n) is 23.2. The second-order valence-corrected chi connectivity index (χ2v) is 11.4. The predicted molar refractivity (Wildman–Crippen MR) is 143 cm³/mol. The third-order valence-electron chi connectivity index (χ3n) is 8.64. The van der Waals surface area contributed by atoms with Gasteiger partial charge in [-0.25, -0.2) is 15.0 Å². The molecule has 2 aliphatic carbocycles. The maximum atomic E-state index is 13.6. The van der Waals surface area contributed by atoms with Gasteiger partial charge in [0.05, 0.1) is 37.4 Å². The molecule has 0 radical (unpaired) electrons. The summed E-state index contributed by atoms with van der Waals surface area (Å²) < 4.78 is 30.2. The van der Waals surface area contributed by atoms with E-state index in [-0.39, 0.29) is 43.2 Å². The Labute approximate surface area is 237 Å². The first-order valence-corrected chi connectivity index (χ1v) is 14.7. The largest absolute Gasteiger partial charge is 0.463 e. The van der Waals surface area contributed by atoms with Gasteiger partial charge in [-0.05, 0) is 32.1 Å². The van der Waals surface area contributed by atoms with Gasteiger partial charge in [-0.3, -0.25) is 14.4 Å². The summed E-state index contributed by atoms with van der Waals surface area (Å²) in [6.07, 6.45) is 7.57. The van der Waals surface area contributed by atoms with Gasteiger partial charge in [-0.1, -0.05) is 19.3 Å². The molecule has 2 unspecified atom stereocenters. The van der Waals surface area contributed by atoms with E-state index in [4.69, 9.17) is 23.7 Å². The Morgan fingerprint density at radius 1 is 1.00 bits per heavy atom. The average Bonchev–Trinajstić information content (AvgIpc) is 3.78. The van der Waals surface area contributed by atoms with Crippen molar-refractivity contribution in [2.24, 2.45) is 11.8 Å². The highest BCUT2D eigenvalue weighted by atomic mass is 16.6. The lowest BCUT2D eigenvalue weighted by Crippen LogP contribution is -2.42. The van der Waals surface area contributed by atoms with Crippen molar-refractivity contribution in [2.75, 3.05) is 31.7 Å². The molecule has 13 heteroatoms. The van der Waals surface area contributed by atoms with Gasteiger partial charge < -0.3 is 33.6 Å². The Hall–Kier alpha value is -3.32. The van der Waals surface area contributed by atoms with Crippen molar-refractivity contribution in [3.63, 3.8) is 0 Å². The molecule has 0 bridgehead atoms. The maximum absolute atomic E-state index is 13.6. The summed E-state index contributed by atoms with van der Waals surface area (Å²) in [5, 5.41) is 3.40. The smallest absolute Gasteiger partial charge is 0.311 e. The van der Waals surface area contributed by atoms with Crippen molar-refractivity contribution in [2.45, 2.75) is 88.7 Å². The van der Waals surface area contributed by atoms with Crippen LogP contribution in [0.5, 0.6) is 0 Å². The average molecular weight is 572 g/mol. The molecule has 0 spiro atoms. The molecule has 2 aliphatic heterocycles. The molecular weight excluding hydrogens is 534 g/mol.